The molecule has 19 heavy (non-hydrogen) atoms. The zero-order chi connectivity index (χ0) is 13.8. The molecule has 1 aliphatic heterocycles. The number of carbonyl (C=O) groups is 2. The number of nitrogens with one attached hydrogen (secondary N) is 2. The Labute approximate surface area is 111 Å². The summed E-state index contributed by atoms with van der Waals surface area (Å²) in [5.41, 5.74) is 1.46. The molecule has 102 valence electrons. The number of hydrogen-bond acceptors (Lipinski definition) is 3. The predicted molar refractivity (Wildman–Crippen MR) is 72.5 cm³/mol. The number of carbonyl (C=O) groups excluding carboxylic acids is 1. The number of benzene rings is 1. The molecule has 1 heterocycles. The van der Waals surface area contributed by atoms with Crippen LogP contribution in [0.1, 0.15) is 13.3 Å². The third-order valence-electron chi connectivity index (χ3n) is 3.06. The predicted octanol–water partition coefficient (Wildman–Crippen LogP) is 1.49. The van der Waals surface area contributed by atoms with Gasteiger partial charge in [-0.3, -0.25) is 4.90 Å². The van der Waals surface area contributed by atoms with E-state index in [1.807, 2.05) is 13.0 Å². The van der Waals surface area contributed by atoms with Crippen molar-refractivity contribution in [3.05, 3.63) is 24.3 Å². The van der Waals surface area contributed by atoms with Crippen molar-refractivity contribution in [1.82, 2.24) is 5.32 Å². The molecule has 1 fully saturated rings. The Morgan fingerprint density at radius 3 is 2.95 bits per heavy atom. The van der Waals surface area contributed by atoms with E-state index in [1.165, 1.54) is 0 Å². The SMILES string of the molecule is CCC(Nc1cccc(N2CCNC2=O)c1)C(=O)O. The number of hydrogen-bond donors (Lipinski definition) is 3. The summed E-state index contributed by atoms with van der Waals surface area (Å²) in [4.78, 5) is 24.2. The van der Waals surface area contributed by atoms with E-state index in [1.54, 1.807) is 23.1 Å². The summed E-state index contributed by atoms with van der Waals surface area (Å²) in [5, 5.41) is 14.7. The summed E-state index contributed by atoms with van der Waals surface area (Å²) in [7, 11) is 0. The quantitative estimate of drug-likeness (QED) is 0.751. The van der Waals surface area contributed by atoms with Crippen molar-refractivity contribution < 1.29 is 14.7 Å². The van der Waals surface area contributed by atoms with Crippen LogP contribution in [-0.4, -0.2) is 36.2 Å². The molecule has 0 aromatic heterocycles. The van der Waals surface area contributed by atoms with E-state index in [9.17, 15) is 9.59 Å². The molecule has 0 saturated carbocycles. The van der Waals surface area contributed by atoms with Crippen molar-refractivity contribution in [2.24, 2.45) is 0 Å². The lowest BCUT2D eigenvalue weighted by Crippen LogP contribution is -2.29. The molecule has 1 aromatic rings. The number of carboxylic acids is 1. The van der Waals surface area contributed by atoms with Gasteiger partial charge in [-0.1, -0.05) is 13.0 Å². The molecule has 1 aromatic carbocycles. The van der Waals surface area contributed by atoms with Crippen molar-refractivity contribution in [1.29, 1.82) is 0 Å². The van der Waals surface area contributed by atoms with E-state index in [2.05, 4.69) is 10.6 Å². The molecule has 1 aliphatic rings. The van der Waals surface area contributed by atoms with Crippen LogP contribution in [0.4, 0.5) is 16.2 Å². The fourth-order valence-corrected chi connectivity index (χ4v) is 2.02. The molecule has 1 unspecified atom stereocenters. The molecule has 6 heteroatoms. The number of rotatable bonds is 5. The molecular formula is C13H17N3O3. The Morgan fingerprint density at radius 2 is 2.37 bits per heavy atom. The van der Waals surface area contributed by atoms with Crippen LogP contribution in [0.15, 0.2) is 24.3 Å². The molecule has 1 atom stereocenters. The second-order valence-corrected chi connectivity index (χ2v) is 4.38. The number of carboxylic acid groups (broad SMARTS) is 1. The lowest BCUT2D eigenvalue weighted by Gasteiger charge is -2.18. The van der Waals surface area contributed by atoms with Crippen LogP contribution in [0.3, 0.4) is 0 Å². The highest BCUT2D eigenvalue weighted by Gasteiger charge is 2.21. The summed E-state index contributed by atoms with van der Waals surface area (Å²) in [6.45, 7) is 3.06. The molecule has 1 saturated heterocycles. The largest absolute Gasteiger partial charge is 0.480 e. The minimum absolute atomic E-state index is 0.123. The Balaban J connectivity index is 2.15. The summed E-state index contributed by atoms with van der Waals surface area (Å²) in [6.07, 6.45) is 0.490. The molecule has 0 spiro atoms. The lowest BCUT2D eigenvalue weighted by atomic mass is 10.2. The van der Waals surface area contributed by atoms with Crippen LogP contribution in [0.2, 0.25) is 0 Å². The van der Waals surface area contributed by atoms with Crippen molar-refractivity contribution in [2.75, 3.05) is 23.3 Å². The summed E-state index contributed by atoms with van der Waals surface area (Å²) in [6, 6.07) is 6.47. The van der Waals surface area contributed by atoms with Crippen LogP contribution in [0, 0.1) is 0 Å². The van der Waals surface area contributed by atoms with Gasteiger partial charge >= 0.3 is 12.0 Å². The maximum absolute atomic E-state index is 11.6. The van der Waals surface area contributed by atoms with Crippen molar-refractivity contribution in [2.45, 2.75) is 19.4 Å². The first-order chi connectivity index (χ1) is 9.11. The van der Waals surface area contributed by atoms with Gasteiger partial charge in [-0.15, -0.1) is 0 Å². The van der Waals surface area contributed by atoms with Gasteiger partial charge in [0.2, 0.25) is 0 Å². The van der Waals surface area contributed by atoms with Crippen molar-refractivity contribution in [3.8, 4) is 0 Å². The van der Waals surface area contributed by atoms with E-state index in [4.69, 9.17) is 5.11 Å². The first-order valence-electron chi connectivity index (χ1n) is 6.26. The fourth-order valence-electron chi connectivity index (χ4n) is 2.02. The Hall–Kier alpha value is -2.24. The second-order valence-electron chi connectivity index (χ2n) is 4.38. The first kappa shape index (κ1) is 13.2. The van der Waals surface area contributed by atoms with E-state index >= 15 is 0 Å². The Kier molecular flexibility index (Phi) is 3.89. The smallest absolute Gasteiger partial charge is 0.326 e. The lowest BCUT2D eigenvalue weighted by molar-refractivity contribution is -0.137. The van der Waals surface area contributed by atoms with E-state index in [0.717, 1.165) is 5.69 Å². The first-order valence-corrected chi connectivity index (χ1v) is 6.26. The number of urea groups is 1. The minimum Gasteiger partial charge on any atom is -0.480 e. The van der Waals surface area contributed by atoms with Crippen molar-refractivity contribution in [3.63, 3.8) is 0 Å². The molecule has 2 amide bonds. The van der Waals surface area contributed by atoms with Gasteiger partial charge in [0.1, 0.15) is 6.04 Å². The highest BCUT2D eigenvalue weighted by molar-refractivity contribution is 5.94. The van der Waals surface area contributed by atoms with E-state index in [0.29, 0.717) is 25.2 Å². The monoisotopic (exact) mass is 263 g/mol. The van der Waals surface area contributed by atoms with Crippen LogP contribution < -0.4 is 15.5 Å². The molecular weight excluding hydrogens is 246 g/mol. The Bertz CT molecular complexity index is 490. The van der Waals surface area contributed by atoms with E-state index < -0.39 is 12.0 Å². The van der Waals surface area contributed by atoms with Gasteiger partial charge in [0.05, 0.1) is 0 Å². The third-order valence-corrected chi connectivity index (χ3v) is 3.06. The number of aliphatic carboxylic acids is 1. The van der Waals surface area contributed by atoms with Crippen LogP contribution in [0.5, 0.6) is 0 Å². The van der Waals surface area contributed by atoms with Gasteiger partial charge < -0.3 is 15.7 Å². The van der Waals surface area contributed by atoms with E-state index in [-0.39, 0.29) is 6.03 Å². The molecule has 6 nitrogen and oxygen atoms in total. The fraction of sp³-hybridized carbons (Fsp3) is 0.385. The summed E-state index contributed by atoms with van der Waals surface area (Å²) in [5.74, 6) is -0.883. The summed E-state index contributed by atoms with van der Waals surface area (Å²) >= 11 is 0. The molecule has 0 bridgehead atoms. The average molecular weight is 263 g/mol. The summed E-state index contributed by atoms with van der Waals surface area (Å²) < 4.78 is 0. The van der Waals surface area contributed by atoms with Gasteiger partial charge in [-0.2, -0.15) is 0 Å². The molecule has 2 rings (SSSR count). The number of nitrogens with zero attached hydrogens (tertiary/aromatic N) is 1. The maximum atomic E-state index is 11.6. The number of amides is 2. The topological polar surface area (TPSA) is 81.7 Å². The van der Waals surface area contributed by atoms with Crippen LogP contribution in [-0.2, 0) is 4.79 Å². The molecule has 3 N–H and O–H groups in total. The van der Waals surface area contributed by atoms with Gasteiger partial charge in [-0.05, 0) is 24.6 Å². The zero-order valence-corrected chi connectivity index (χ0v) is 10.7. The van der Waals surface area contributed by atoms with Gasteiger partial charge in [0.15, 0.2) is 0 Å². The zero-order valence-electron chi connectivity index (χ0n) is 10.7. The van der Waals surface area contributed by atoms with Gasteiger partial charge in [-0.25, -0.2) is 9.59 Å². The third kappa shape index (κ3) is 2.96. The standard InChI is InChI=1S/C13H17N3O3/c1-2-11(12(17)18)15-9-4-3-5-10(8-9)16-7-6-14-13(16)19/h3-5,8,11,15H,2,6-7H2,1H3,(H,14,19)(H,17,18). The van der Waals surface area contributed by atoms with Gasteiger partial charge in [0.25, 0.3) is 0 Å². The average Bonchev–Trinajstić information content (AvgIpc) is 2.82. The van der Waals surface area contributed by atoms with Gasteiger partial charge in [0, 0.05) is 24.5 Å². The highest BCUT2D eigenvalue weighted by atomic mass is 16.4. The van der Waals surface area contributed by atoms with Crippen LogP contribution in [0.25, 0.3) is 0 Å². The second kappa shape index (κ2) is 5.60. The number of anilines is 2. The normalized spacial score (nSPS) is 16.1. The minimum atomic E-state index is -0.883. The Morgan fingerprint density at radius 1 is 1.58 bits per heavy atom. The maximum Gasteiger partial charge on any atom is 0.326 e. The molecule has 0 aliphatic carbocycles. The van der Waals surface area contributed by atoms with Crippen LogP contribution >= 0.6 is 0 Å². The molecule has 0 radical (unpaired) electrons. The highest BCUT2D eigenvalue weighted by Crippen LogP contribution is 2.21. The van der Waals surface area contributed by atoms with Crippen molar-refractivity contribution >= 4 is 23.4 Å².